The molecule has 1 saturated carbocycles. The summed E-state index contributed by atoms with van der Waals surface area (Å²) in [7, 11) is -0.226. The summed E-state index contributed by atoms with van der Waals surface area (Å²) in [5, 5.41) is 0.211. The predicted molar refractivity (Wildman–Crippen MR) is 100 cm³/mol. The summed E-state index contributed by atoms with van der Waals surface area (Å²) in [5.74, 6) is -0.123. The molecule has 0 radical (unpaired) electrons. The van der Waals surface area contributed by atoms with Crippen LogP contribution in [-0.2, 0) is 18.7 Å². The molecule has 0 aromatic heterocycles. The first kappa shape index (κ1) is 21.6. The highest BCUT2D eigenvalue weighted by molar-refractivity contribution is 6.74. The lowest BCUT2D eigenvalue weighted by Gasteiger charge is -2.48. The van der Waals surface area contributed by atoms with Crippen molar-refractivity contribution in [2.45, 2.75) is 91.5 Å². The largest absolute Gasteiger partial charge is 0.438 e. The van der Waals surface area contributed by atoms with E-state index in [1.165, 1.54) is 0 Å². The van der Waals surface area contributed by atoms with Gasteiger partial charge in [-0.1, -0.05) is 41.5 Å². The number of hydrogen-bond acceptors (Lipinski definition) is 4. The molecule has 24 heavy (non-hydrogen) atoms. The Morgan fingerprint density at radius 1 is 1.08 bits per heavy atom. The fourth-order valence-corrected chi connectivity index (χ4v) is 4.73. The van der Waals surface area contributed by atoms with E-state index < -0.39 is 13.7 Å². The van der Waals surface area contributed by atoms with E-state index in [2.05, 4.69) is 54.6 Å². The van der Waals surface area contributed by atoms with Crippen LogP contribution in [0.3, 0.4) is 0 Å². The molecule has 5 heteroatoms. The molecule has 0 amide bonds. The molecule has 1 aliphatic carbocycles. The zero-order chi connectivity index (χ0) is 18.8. The topological polar surface area (TPSA) is 44.8 Å². The van der Waals surface area contributed by atoms with E-state index >= 15 is 0 Å². The molecule has 1 rings (SSSR count). The van der Waals surface area contributed by atoms with Gasteiger partial charge in [0.15, 0.2) is 15.1 Å². The first-order valence-corrected chi connectivity index (χ1v) is 12.0. The molecular formula is C19H38O4Si. The van der Waals surface area contributed by atoms with Gasteiger partial charge in [-0.2, -0.15) is 0 Å². The third-order valence-electron chi connectivity index (χ3n) is 6.19. The number of hydrogen-bond donors (Lipinski definition) is 0. The summed E-state index contributed by atoms with van der Waals surface area (Å²) in [4.78, 5) is 12.7. The fraction of sp³-hybridized carbons (Fsp3) is 0.947. The van der Waals surface area contributed by atoms with Gasteiger partial charge < -0.3 is 13.9 Å². The number of carbonyl (C=O) groups excluding carboxylic acids is 1. The van der Waals surface area contributed by atoms with Crippen molar-refractivity contribution in [3.8, 4) is 0 Å². The maximum atomic E-state index is 12.7. The number of methoxy groups -OCH3 is 1. The van der Waals surface area contributed by atoms with Gasteiger partial charge in [-0.15, -0.1) is 0 Å². The molecule has 0 heterocycles. The van der Waals surface area contributed by atoms with Crippen molar-refractivity contribution in [3.63, 3.8) is 0 Å². The van der Waals surface area contributed by atoms with Crippen LogP contribution in [0.15, 0.2) is 0 Å². The van der Waals surface area contributed by atoms with Crippen molar-refractivity contribution < 1.29 is 18.7 Å². The SMILES string of the molecule is COCOC(=O)C1(C(C)(C)C)CCC(O[Si](C)(C)C(C)(C)C)CC1. The molecule has 1 aliphatic rings. The lowest BCUT2D eigenvalue weighted by Crippen LogP contribution is -2.50. The van der Waals surface area contributed by atoms with Gasteiger partial charge in [0.2, 0.25) is 0 Å². The molecule has 0 aromatic carbocycles. The van der Waals surface area contributed by atoms with E-state index in [-0.39, 0.29) is 29.3 Å². The standard InChI is InChI=1S/C19H38O4Si/c1-17(2,3)19(16(20)22-14-21-7)12-10-15(11-13-19)23-24(8,9)18(4,5)6/h15H,10-14H2,1-9H3. The van der Waals surface area contributed by atoms with Crippen LogP contribution in [0.1, 0.15) is 67.2 Å². The minimum Gasteiger partial charge on any atom is -0.438 e. The van der Waals surface area contributed by atoms with E-state index in [0.29, 0.717) is 0 Å². The summed E-state index contributed by atoms with van der Waals surface area (Å²) < 4.78 is 16.9. The number of esters is 1. The van der Waals surface area contributed by atoms with Crippen molar-refractivity contribution in [2.24, 2.45) is 10.8 Å². The molecule has 4 nitrogen and oxygen atoms in total. The highest BCUT2D eigenvalue weighted by Crippen LogP contribution is 2.51. The van der Waals surface area contributed by atoms with Crippen LogP contribution >= 0.6 is 0 Å². The van der Waals surface area contributed by atoms with Crippen molar-refractivity contribution in [1.82, 2.24) is 0 Å². The van der Waals surface area contributed by atoms with Crippen molar-refractivity contribution in [3.05, 3.63) is 0 Å². The van der Waals surface area contributed by atoms with Gasteiger partial charge in [0.1, 0.15) is 0 Å². The molecule has 0 N–H and O–H groups in total. The monoisotopic (exact) mass is 358 g/mol. The van der Waals surface area contributed by atoms with Gasteiger partial charge in [-0.05, 0) is 49.2 Å². The summed E-state index contributed by atoms with van der Waals surface area (Å²) in [5.41, 5.74) is -0.585. The maximum Gasteiger partial charge on any atom is 0.314 e. The van der Waals surface area contributed by atoms with Gasteiger partial charge in [0, 0.05) is 13.2 Å². The average Bonchev–Trinajstić information content (AvgIpc) is 2.42. The van der Waals surface area contributed by atoms with Crippen molar-refractivity contribution in [2.75, 3.05) is 13.9 Å². The second kappa shape index (κ2) is 7.46. The summed E-state index contributed by atoms with van der Waals surface area (Å²) in [6, 6.07) is 0. The molecule has 142 valence electrons. The number of rotatable bonds is 5. The normalized spacial score (nSPS) is 26.3. The van der Waals surface area contributed by atoms with Gasteiger partial charge in [-0.25, -0.2) is 0 Å². The van der Waals surface area contributed by atoms with Crippen LogP contribution in [0, 0.1) is 10.8 Å². The third-order valence-corrected chi connectivity index (χ3v) is 10.7. The van der Waals surface area contributed by atoms with Crippen LogP contribution in [0.2, 0.25) is 18.1 Å². The lowest BCUT2D eigenvalue weighted by molar-refractivity contribution is -0.178. The van der Waals surface area contributed by atoms with Crippen LogP contribution < -0.4 is 0 Å². The predicted octanol–water partition coefficient (Wildman–Crippen LogP) is 5.13. The Morgan fingerprint density at radius 2 is 1.58 bits per heavy atom. The van der Waals surface area contributed by atoms with Crippen LogP contribution in [0.25, 0.3) is 0 Å². The van der Waals surface area contributed by atoms with Gasteiger partial charge in [-0.3, -0.25) is 4.79 Å². The van der Waals surface area contributed by atoms with E-state index in [0.717, 1.165) is 25.7 Å². The molecule has 0 spiro atoms. The van der Waals surface area contributed by atoms with Gasteiger partial charge >= 0.3 is 5.97 Å². The van der Waals surface area contributed by atoms with Crippen molar-refractivity contribution >= 4 is 14.3 Å². The summed E-state index contributed by atoms with van der Waals surface area (Å²) in [6.07, 6.45) is 3.74. The molecule has 0 bridgehead atoms. The van der Waals surface area contributed by atoms with E-state index in [4.69, 9.17) is 13.9 Å². The smallest absolute Gasteiger partial charge is 0.314 e. The van der Waals surface area contributed by atoms with Gasteiger partial charge in [0.05, 0.1) is 5.41 Å². The third kappa shape index (κ3) is 4.61. The number of carbonyl (C=O) groups is 1. The van der Waals surface area contributed by atoms with E-state index in [1.54, 1.807) is 7.11 Å². The Hall–Kier alpha value is -0.393. The van der Waals surface area contributed by atoms with Crippen LogP contribution in [-0.4, -0.2) is 34.3 Å². The second-order valence-electron chi connectivity index (χ2n) is 9.75. The van der Waals surface area contributed by atoms with E-state index in [1.807, 2.05) is 0 Å². The molecule has 1 fully saturated rings. The summed E-state index contributed by atoms with van der Waals surface area (Å²) >= 11 is 0. The second-order valence-corrected chi connectivity index (χ2v) is 14.5. The zero-order valence-electron chi connectivity index (χ0n) is 17.2. The highest BCUT2D eigenvalue weighted by Gasteiger charge is 2.52. The first-order chi connectivity index (χ1) is 10.8. The zero-order valence-corrected chi connectivity index (χ0v) is 18.2. The van der Waals surface area contributed by atoms with Crippen LogP contribution in [0.4, 0.5) is 0 Å². The molecule has 0 unspecified atom stereocenters. The molecule has 0 saturated heterocycles. The Bertz CT molecular complexity index is 424. The van der Waals surface area contributed by atoms with E-state index in [9.17, 15) is 4.79 Å². The quantitative estimate of drug-likeness (QED) is 0.388. The Morgan fingerprint density at radius 3 is 1.96 bits per heavy atom. The lowest BCUT2D eigenvalue weighted by atomic mass is 9.59. The molecule has 0 aromatic rings. The minimum absolute atomic E-state index is 0.0283. The molecule has 0 atom stereocenters. The van der Waals surface area contributed by atoms with Crippen LogP contribution in [0.5, 0.6) is 0 Å². The molecular weight excluding hydrogens is 320 g/mol. The first-order valence-electron chi connectivity index (χ1n) is 9.11. The Balaban J connectivity index is 2.83. The van der Waals surface area contributed by atoms with Crippen molar-refractivity contribution in [1.29, 1.82) is 0 Å². The van der Waals surface area contributed by atoms with Gasteiger partial charge in [0.25, 0.3) is 0 Å². The molecule has 0 aliphatic heterocycles. The minimum atomic E-state index is -1.77. The summed E-state index contributed by atoms with van der Waals surface area (Å²) in [6.45, 7) is 17.8. The Kier molecular flexibility index (Phi) is 6.73. The Labute approximate surface area is 149 Å². The average molecular weight is 359 g/mol. The highest BCUT2D eigenvalue weighted by atomic mass is 28.4. The fourth-order valence-electron chi connectivity index (χ4n) is 3.31. The maximum absolute atomic E-state index is 12.7. The number of ether oxygens (including phenoxy) is 2.